The molecular weight excluding hydrogens is 311 g/mol. The number of imidazole rings is 1. The van der Waals surface area contributed by atoms with Crippen LogP contribution in [0.15, 0.2) is 30.5 Å². The first-order valence-corrected chi connectivity index (χ1v) is 6.38. The lowest BCUT2D eigenvalue weighted by Crippen LogP contribution is -2.08. The Morgan fingerprint density at radius 2 is 1.78 bits per heavy atom. The topological polar surface area (TPSA) is 120 Å². The van der Waals surface area contributed by atoms with Crippen LogP contribution < -0.4 is 22.5 Å². The highest BCUT2D eigenvalue weighted by molar-refractivity contribution is 5.72. The maximum atomic E-state index is 12.8. The first-order chi connectivity index (χ1) is 10.7. The van der Waals surface area contributed by atoms with E-state index in [4.69, 9.17) is 17.2 Å². The molecule has 0 saturated carbocycles. The first kappa shape index (κ1) is 14.8. The third-order valence-electron chi connectivity index (χ3n) is 3.08. The van der Waals surface area contributed by atoms with Crippen LogP contribution in [0.2, 0.25) is 0 Å². The van der Waals surface area contributed by atoms with E-state index in [1.165, 1.54) is 22.8 Å². The number of aromatic nitrogens is 3. The summed E-state index contributed by atoms with van der Waals surface area (Å²) in [5.74, 6) is 0.456. The SMILES string of the molecule is Nc1cc(Nc2cc(N)c3ncc(N)n3n2)cc(C(F)(F)F)c1. The summed E-state index contributed by atoms with van der Waals surface area (Å²) in [4.78, 5) is 3.98. The molecule has 23 heavy (non-hydrogen) atoms. The molecule has 10 heteroatoms. The molecule has 0 aliphatic rings. The highest BCUT2D eigenvalue weighted by Gasteiger charge is 2.31. The zero-order chi connectivity index (χ0) is 16.8. The number of nitrogen functional groups attached to an aromatic ring is 3. The number of halogens is 3. The van der Waals surface area contributed by atoms with Gasteiger partial charge in [-0.05, 0) is 18.2 Å². The van der Waals surface area contributed by atoms with Crippen molar-refractivity contribution in [1.82, 2.24) is 14.6 Å². The van der Waals surface area contributed by atoms with Crippen molar-refractivity contribution in [3.05, 3.63) is 36.0 Å². The lowest BCUT2D eigenvalue weighted by atomic mass is 10.1. The number of nitrogens with one attached hydrogen (secondary N) is 1. The highest BCUT2D eigenvalue weighted by atomic mass is 19.4. The fourth-order valence-electron chi connectivity index (χ4n) is 2.11. The van der Waals surface area contributed by atoms with Gasteiger partial charge in [-0.3, -0.25) is 0 Å². The van der Waals surface area contributed by atoms with Crippen molar-refractivity contribution in [2.75, 3.05) is 22.5 Å². The van der Waals surface area contributed by atoms with Crippen molar-refractivity contribution in [2.24, 2.45) is 0 Å². The van der Waals surface area contributed by atoms with E-state index in [0.717, 1.165) is 12.1 Å². The predicted molar refractivity (Wildman–Crippen MR) is 81.0 cm³/mol. The molecule has 2 heterocycles. The zero-order valence-corrected chi connectivity index (χ0v) is 11.6. The normalized spacial score (nSPS) is 11.8. The fourth-order valence-corrected chi connectivity index (χ4v) is 2.11. The quantitative estimate of drug-likeness (QED) is 0.537. The molecule has 120 valence electrons. The van der Waals surface area contributed by atoms with Crippen molar-refractivity contribution in [2.45, 2.75) is 6.18 Å². The van der Waals surface area contributed by atoms with E-state index >= 15 is 0 Å². The van der Waals surface area contributed by atoms with Crippen molar-refractivity contribution >= 4 is 34.3 Å². The van der Waals surface area contributed by atoms with Gasteiger partial charge in [-0.15, -0.1) is 5.10 Å². The minimum absolute atomic E-state index is 0.0291. The van der Waals surface area contributed by atoms with Gasteiger partial charge in [0.1, 0.15) is 5.82 Å². The van der Waals surface area contributed by atoms with E-state index in [1.54, 1.807) is 0 Å². The Hall–Kier alpha value is -3.17. The van der Waals surface area contributed by atoms with E-state index in [0.29, 0.717) is 5.65 Å². The lowest BCUT2D eigenvalue weighted by Gasteiger charge is -2.12. The Kier molecular flexibility index (Phi) is 3.17. The summed E-state index contributed by atoms with van der Waals surface area (Å²) in [6.07, 6.45) is -3.12. The van der Waals surface area contributed by atoms with Crippen molar-refractivity contribution in [3.63, 3.8) is 0 Å². The number of nitrogens with two attached hydrogens (primary N) is 3. The van der Waals surface area contributed by atoms with Gasteiger partial charge in [0.2, 0.25) is 0 Å². The van der Waals surface area contributed by atoms with Gasteiger partial charge in [-0.25, -0.2) is 4.98 Å². The smallest absolute Gasteiger partial charge is 0.399 e. The molecule has 0 spiro atoms. The Labute approximate surface area is 127 Å². The van der Waals surface area contributed by atoms with E-state index in [1.807, 2.05) is 0 Å². The molecule has 0 atom stereocenters. The average Bonchev–Trinajstić information content (AvgIpc) is 2.79. The summed E-state index contributed by atoms with van der Waals surface area (Å²) in [5, 5.41) is 6.86. The molecular formula is C13H12F3N7. The maximum absolute atomic E-state index is 12.8. The number of hydrogen-bond acceptors (Lipinski definition) is 6. The Balaban J connectivity index is 2.02. The number of anilines is 5. The zero-order valence-electron chi connectivity index (χ0n) is 11.6. The van der Waals surface area contributed by atoms with Crippen molar-refractivity contribution in [3.8, 4) is 0 Å². The van der Waals surface area contributed by atoms with E-state index in [2.05, 4.69) is 15.4 Å². The molecule has 7 N–H and O–H groups in total. The molecule has 0 unspecified atom stereocenters. The number of nitrogens with zero attached hydrogens (tertiary/aromatic N) is 3. The van der Waals surface area contributed by atoms with Gasteiger partial charge in [-0.2, -0.15) is 17.7 Å². The number of rotatable bonds is 2. The van der Waals surface area contributed by atoms with Crippen molar-refractivity contribution in [1.29, 1.82) is 0 Å². The minimum Gasteiger partial charge on any atom is -0.399 e. The standard InChI is InChI=1S/C13H12F3N7/c14-13(15,16)6-1-7(17)3-8(2-6)21-11-4-9(18)12-20-5-10(19)23(12)22-11/h1-5H,17-19H2,(H,21,22). The van der Waals surface area contributed by atoms with Crippen LogP contribution in [0.5, 0.6) is 0 Å². The van der Waals surface area contributed by atoms with Gasteiger partial charge in [0, 0.05) is 17.4 Å². The van der Waals surface area contributed by atoms with Gasteiger partial charge in [0.05, 0.1) is 17.4 Å². The van der Waals surface area contributed by atoms with Crippen LogP contribution in [0.1, 0.15) is 5.56 Å². The molecule has 3 rings (SSSR count). The molecule has 0 saturated heterocycles. The van der Waals surface area contributed by atoms with Gasteiger partial charge in [0.15, 0.2) is 11.5 Å². The number of alkyl halides is 3. The molecule has 0 aliphatic carbocycles. The molecule has 3 aromatic rings. The Morgan fingerprint density at radius 3 is 2.48 bits per heavy atom. The Bertz CT molecular complexity index is 885. The van der Waals surface area contributed by atoms with Crippen LogP contribution in [0.4, 0.5) is 41.9 Å². The van der Waals surface area contributed by atoms with Gasteiger partial charge in [-0.1, -0.05) is 0 Å². The van der Waals surface area contributed by atoms with Crippen LogP contribution in [-0.4, -0.2) is 14.6 Å². The molecule has 1 aromatic carbocycles. The second kappa shape index (κ2) is 4.93. The lowest BCUT2D eigenvalue weighted by molar-refractivity contribution is -0.137. The van der Waals surface area contributed by atoms with Crippen LogP contribution >= 0.6 is 0 Å². The maximum Gasteiger partial charge on any atom is 0.416 e. The van der Waals surface area contributed by atoms with Gasteiger partial charge < -0.3 is 22.5 Å². The van der Waals surface area contributed by atoms with Gasteiger partial charge in [0.25, 0.3) is 0 Å². The molecule has 0 bridgehead atoms. The fraction of sp³-hybridized carbons (Fsp3) is 0.0769. The molecule has 0 fully saturated rings. The summed E-state index contributed by atoms with van der Waals surface area (Å²) in [6, 6.07) is 4.58. The van der Waals surface area contributed by atoms with Gasteiger partial charge >= 0.3 is 6.18 Å². The molecule has 0 amide bonds. The number of fused-ring (bicyclic) bond motifs is 1. The summed E-state index contributed by atoms with van der Waals surface area (Å²) >= 11 is 0. The average molecular weight is 323 g/mol. The third kappa shape index (κ3) is 2.78. The minimum atomic E-state index is -4.50. The van der Waals surface area contributed by atoms with Crippen LogP contribution in [-0.2, 0) is 6.18 Å². The van der Waals surface area contributed by atoms with E-state index in [-0.39, 0.29) is 28.7 Å². The molecule has 2 aromatic heterocycles. The van der Waals surface area contributed by atoms with Crippen LogP contribution in [0.3, 0.4) is 0 Å². The summed E-state index contributed by atoms with van der Waals surface area (Å²) < 4.78 is 39.8. The van der Waals surface area contributed by atoms with E-state index in [9.17, 15) is 13.2 Å². The van der Waals surface area contributed by atoms with Crippen LogP contribution in [0.25, 0.3) is 5.65 Å². The largest absolute Gasteiger partial charge is 0.416 e. The summed E-state index contributed by atoms with van der Waals surface area (Å²) in [5.41, 5.74) is 16.9. The first-order valence-electron chi connectivity index (χ1n) is 6.38. The second-order valence-corrected chi connectivity index (χ2v) is 4.87. The van der Waals surface area contributed by atoms with E-state index < -0.39 is 11.7 Å². The summed E-state index contributed by atoms with van der Waals surface area (Å²) in [6.45, 7) is 0. The highest BCUT2D eigenvalue weighted by Crippen LogP contribution is 2.33. The molecule has 0 radical (unpaired) electrons. The monoisotopic (exact) mass is 323 g/mol. The third-order valence-corrected chi connectivity index (χ3v) is 3.08. The predicted octanol–water partition coefficient (Wildman–Crippen LogP) is 2.24. The van der Waals surface area contributed by atoms with Crippen LogP contribution in [0, 0.1) is 0 Å². The Morgan fingerprint density at radius 1 is 1.04 bits per heavy atom. The summed E-state index contributed by atoms with van der Waals surface area (Å²) in [7, 11) is 0. The number of benzene rings is 1. The van der Waals surface area contributed by atoms with Crippen molar-refractivity contribution < 1.29 is 13.2 Å². The molecule has 0 aliphatic heterocycles. The second-order valence-electron chi connectivity index (χ2n) is 4.87. The number of hydrogen-bond donors (Lipinski definition) is 4. The molecule has 7 nitrogen and oxygen atoms in total.